The van der Waals surface area contributed by atoms with Crippen LogP contribution >= 0.6 is 0 Å². The van der Waals surface area contributed by atoms with E-state index in [9.17, 15) is 9.59 Å². The Morgan fingerprint density at radius 2 is 1.93 bits per heavy atom. The molecule has 1 aromatic rings. The van der Waals surface area contributed by atoms with Crippen LogP contribution in [0.4, 0.5) is 0 Å². The first-order valence-electron chi connectivity index (χ1n) is 10.4. The van der Waals surface area contributed by atoms with E-state index in [1.807, 2.05) is 12.1 Å². The molecule has 0 aromatic heterocycles. The fourth-order valence-electron chi connectivity index (χ4n) is 6.21. The quantitative estimate of drug-likeness (QED) is 0.436. The predicted octanol–water partition coefficient (Wildman–Crippen LogP) is 4.01. The summed E-state index contributed by atoms with van der Waals surface area (Å²) in [5.74, 6) is 1.09. The Morgan fingerprint density at radius 1 is 1.14 bits per heavy atom. The van der Waals surface area contributed by atoms with Crippen LogP contribution in [-0.2, 0) is 25.6 Å². The molecule has 0 heterocycles. The number of nitrogens with zero attached hydrogens (tertiary/aromatic N) is 1. The zero-order valence-corrected chi connectivity index (χ0v) is 17.6. The number of esters is 2. The van der Waals surface area contributed by atoms with E-state index in [1.54, 1.807) is 7.11 Å². The van der Waals surface area contributed by atoms with Gasteiger partial charge >= 0.3 is 11.9 Å². The van der Waals surface area contributed by atoms with Crippen molar-refractivity contribution < 1.29 is 23.9 Å². The van der Waals surface area contributed by atoms with Crippen molar-refractivity contribution in [3.8, 4) is 5.75 Å². The highest BCUT2D eigenvalue weighted by Gasteiger charge is 2.58. The zero-order chi connectivity index (χ0) is 20.8. The van der Waals surface area contributed by atoms with Crippen LogP contribution in [0.25, 0.3) is 0 Å². The minimum Gasteiger partial charge on any atom is -0.462 e. The average molecular weight is 399 g/mol. The normalized spacial score (nSPS) is 34.0. The largest absolute Gasteiger partial charge is 0.462 e. The third-order valence-corrected chi connectivity index (χ3v) is 7.17. The number of carbonyl (C=O) groups excluding carboxylic acids is 2. The van der Waals surface area contributed by atoms with Crippen molar-refractivity contribution in [2.45, 2.75) is 64.9 Å². The van der Waals surface area contributed by atoms with Gasteiger partial charge in [-0.2, -0.15) is 0 Å². The molecule has 6 heteroatoms. The monoisotopic (exact) mass is 399 g/mol. The van der Waals surface area contributed by atoms with Crippen molar-refractivity contribution in [3.05, 3.63) is 29.3 Å². The van der Waals surface area contributed by atoms with Gasteiger partial charge in [-0.1, -0.05) is 18.1 Å². The van der Waals surface area contributed by atoms with E-state index in [0.717, 1.165) is 37.8 Å². The summed E-state index contributed by atoms with van der Waals surface area (Å²) in [6, 6.07) is 5.88. The molecule has 3 aliphatic carbocycles. The molecular formula is C23H29NO5. The van der Waals surface area contributed by atoms with Crippen LogP contribution in [0.15, 0.2) is 23.4 Å². The molecule has 0 saturated heterocycles. The molecule has 29 heavy (non-hydrogen) atoms. The summed E-state index contributed by atoms with van der Waals surface area (Å²) in [7, 11) is 1.59. The van der Waals surface area contributed by atoms with Crippen LogP contribution in [0.2, 0.25) is 0 Å². The fourth-order valence-corrected chi connectivity index (χ4v) is 6.21. The molecule has 4 rings (SSSR count). The van der Waals surface area contributed by atoms with Gasteiger partial charge in [-0.05, 0) is 67.2 Å². The molecular weight excluding hydrogens is 370 g/mol. The lowest BCUT2D eigenvalue weighted by Crippen LogP contribution is -2.50. The van der Waals surface area contributed by atoms with Crippen molar-refractivity contribution in [2.24, 2.45) is 22.4 Å². The van der Waals surface area contributed by atoms with E-state index in [0.29, 0.717) is 17.6 Å². The molecule has 0 bridgehead atoms. The van der Waals surface area contributed by atoms with Gasteiger partial charge in [0.2, 0.25) is 0 Å². The molecule has 3 aliphatic rings. The van der Waals surface area contributed by atoms with E-state index < -0.39 is 0 Å². The molecule has 0 radical (unpaired) electrons. The van der Waals surface area contributed by atoms with Gasteiger partial charge in [-0.15, -0.1) is 0 Å². The van der Waals surface area contributed by atoms with Gasteiger partial charge in [0.05, 0.1) is 5.71 Å². The van der Waals surface area contributed by atoms with Crippen LogP contribution < -0.4 is 4.74 Å². The summed E-state index contributed by atoms with van der Waals surface area (Å²) in [6.45, 7) is 5.15. The number of rotatable bonds is 3. The van der Waals surface area contributed by atoms with E-state index >= 15 is 0 Å². The molecule has 156 valence electrons. The Hall–Kier alpha value is -2.37. The number of ether oxygens (including phenoxy) is 2. The summed E-state index contributed by atoms with van der Waals surface area (Å²) in [5.41, 5.74) is 3.40. The molecule has 0 N–H and O–H groups in total. The van der Waals surface area contributed by atoms with Gasteiger partial charge in [0.1, 0.15) is 19.0 Å². The number of oxime groups is 1. The minimum atomic E-state index is -0.319. The van der Waals surface area contributed by atoms with Crippen molar-refractivity contribution in [2.75, 3.05) is 7.11 Å². The van der Waals surface area contributed by atoms with Crippen LogP contribution in [0.5, 0.6) is 5.75 Å². The van der Waals surface area contributed by atoms with Crippen molar-refractivity contribution in [3.63, 3.8) is 0 Å². The summed E-state index contributed by atoms with van der Waals surface area (Å²) in [6.07, 6.45) is 4.54. The number of hydrogen-bond acceptors (Lipinski definition) is 6. The Labute approximate surface area is 171 Å². The molecule has 0 aliphatic heterocycles. The Kier molecular flexibility index (Phi) is 5.13. The first-order chi connectivity index (χ1) is 13.8. The van der Waals surface area contributed by atoms with Crippen LogP contribution in [0.3, 0.4) is 0 Å². The lowest BCUT2D eigenvalue weighted by Gasteiger charge is -2.52. The molecule has 1 aromatic carbocycles. The van der Waals surface area contributed by atoms with Crippen LogP contribution in [-0.4, -0.2) is 30.9 Å². The second-order valence-corrected chi connectivity index (χ2v) is 8.82. The minimum absolute atomic E-state index is 0.105. The first-order valence-corrected chi connectivity index (χ1v) is 10.4. The molecule has 5 unspecified atom stereocenters. The Bertz CT molecular complexity index is 863. The SMILES string of the molecule is CO/N=C1\CCC2C3CCc4cc(OC(C)=O)ccc4C3C(OC(C)=O)CC12C. The van der Waals surface area contributed by atoms with E-state index in [-0.39, 0.29) is 29.4 Å². The van der Waals surface area contributed by atoms with Gasteiger partial charge in [-0.25, -0.2) is 0 Å². The summed E-state index contributed by atoms with van der Waals surface area (Å²) in [4.78, 5) is 28.4. The van der Waals surface area contributed by atoms with Gasteiger partial charge in [0, 0.05) is 25.2 Å². The number of aryl methyl sites for hydroxylation is 1. The second kappa shape index (κ2) is 7.47. The number of hydrogen-bond donors (Lipinski definition) is 0. The van der Waals surface area contributed by atoms with Gasteiger partial charge in [0.25, 0.3) is 0 Å². The first kappa shape index (κ1) is 19.9. The molecule has 0 spiro atoms. The number of benzene rings is 1. The molecule has 6 nitrogen and oxygen atoms in total. The third-order valence-electron chi connectivity index (χ3n) is 7.17. The van der Waals surface area contributed by atoms with Crippen LogP contribution in [0.1, 0.15) is 63.5 Å². The maximum Gasteiger partial charge on any atom is 0.308 e. The van der Waals surface area contributed by atoms with E-state index in [2.05, 4.69) is 18.1 Å². The second-order valence-electron chi connectivity index (χ2n) is 8.82. The predicted molar refractivity (Wildman–Crippen MR) is 108 cm³/mol. The maximum absolute atomic E-state index is 11.9. The maximum atomic E-state index is 11.9. The number of carbonyl (C=O) groups is 2. The fraction of sp³-hybridized carbons (Fsp3) is 0.609. The number of fused-ring (bicyclic) bond motifs is 5. The highest BCUT2D eigenvalue weighted by molar-refractivity contribution is 5.92. The van der Waals surface area contributed by atoms with Crippen molar-refractivity contribution >= 4 is 17.7 Å². The van der Waals surface area contributed by atoms with Crippen molar-refractivity contribution in [1.29, 1.82) is 0 Å². The standard InChI is InChI=1S/C23H29NO5/c1-13(25)28-16-6-8-17-15(11-16)5-7-18-19-9-10-21(24-27-4)23(19,3)12-20(22(17)18)29-14(2)26/h6,8,11,18-20,22H,5,7,9-10,12H2,1-4H3/b24-21+. The van der Waals surface area contributed by atoms with Gasteiger partial charge in [-0.3, -0.25) is 9.59 Å². The zero-order valence-electron chi connectivity index (χ0n) is 17.6. The third kappa shape index (κ3) is 3.43. The molecule has 2 saturated carbocycles. The molecule has 0 amide bonds. The van der Waals surface area contributed by atoms with E-state index in [4.69, 9.17) is 14.3 Å². The van der Waals surface area contributed by atoms with Gasteiger partial charge in [0.15, 0.2) is 0 Å². The highest BCUT2D eigenvalue weighted by atomic mass is 16.6. The molecule has 5 atom stereocenters. The Morgan fingerprint density at radius 3 is 2.62 bits per heavy atom. The Balaban J connectivity index is 1.73. The smallest absolute Gasteiger partial charge is 0.308 e. The van der Waals surface area contributed by atoms with Gasteiger partial charge < -0.3 is 14.3 Å². The summed E-state index contributed by atoms with van der Waals surface area (Å²) >= 11 is 0. The van der Waals surface area contributed by atoms with Crippen LogP contribution in [0, 0.1) is 17.3 Å². The molecule has 2 fully saturated rings. The lowest BCUT2D eigenvalue weighted by molar-refractivity contribution is -0.154. The lowest BCUT2D eigenvalue weighted by atomic mass is 9.54. The topological polar surface area (TPSA) is 74.2 Å². The van der Waals surface area contributed by atoms with E-state index in [1.165, 1.54) is 25.0 Å². The average Bonchev–Trinajstić information content (AvgIpc) is 2.96. The summed E-state index contributed by atoms with van der Waals surface area (Å²) in [5, 5.41) is 4.34. The summed E-state index contributed by atoms with van der Waals surface area (Å²) < 4.78 is 11.2. The van der Waals surface area contributed by atoms with Crippen molar-refractivity contribution in [1.82, 2.24) is 0 Å². The highest BCUT2D eigenvalue weighted by Crippen LogP contribution is 2.60.